The molecule has 40 heavy (non-hydrogen) atoms. The lowest BCUT2D eigenvalue weighted by Crippen LogP contribution is -2.23. The Kier molecular flexibility index (Phi) is 9.61. The van der Waals surface area contributed by atoms with Gasteiger partial charge in [0.25, 0.3) is 0 Å². The third-order valence-corrected chi connectivity index (χ3v) is 9.00. The van der Waals surface area contributed by atoms with E-state index in [9.17, 15) is 9.59 Å². The Morgan fingerprint density at radius 2 is 1.75 bits per heavy atom. The molecule has 0 aliphatic heterocycles. The molecule has 0 heterocycles. The Hall–Kier alpha value is -3.68. The van der Waals surface area contributed by atoms with Crippen molar-refractivity contribution in [1.29, 1.82) is 0 Å². The summed E-state index contributed by atoms with van der Waals surface area (Å²) < 4.78 is 10.9. The Morgan fingerprint density at radius 1 is 0.975 bits per heavy atom. The monoisotopic (exact) mass is 556 g/mol. The zero-order valence-electron chi connectivity index (χ0n) is 24.0. The van der Waals surface area contributed by atoms with Gasteiger partial charge in [-0.2, -0.15) is 0 Å². The van der Waals surface area contributed by atoms with Crippen LogP contribution in [0.25, 0.3) is 5.57 Å². The number of nitrogens with two attached hydrogens (primary N) is 1. The molecule has 4 rings (SSSR count). The smallest absolute Gasteiger partial charge is 0.411 e. The average molecular weight is 557 g/mol. The Labute approximate surface area is 238 Å². The molecule has 0 fully saturated rings. The van der Waals surface area contributed by atoms with Crippen molar-refractivity contribution in [2.45, 2.75) is 58.0 Å². The molecule has 0 aromatic heterocycles. The minimum absolute atomic E-state index is 0.0271. The highest BCUT2D eigenvalue weighted by Gasteiger charge is 2.25. The van der Waals surface area contributed by atoms with E-state index in [0.29, 0.717) is 18.8 Å². The second kappa shape index (κ2) is 13.1. The predicted molar refractivity (Wildman–Crippen MR) is 164 cm³/mol. The van der Waals surface area contributed by atoms with Crippen LogP contribution < -0.4 is 11.1 Å². The highest BCUT2D eigenvalue weighted by Crippen LogP contribution is 2.40. The van der Waals surface area contributed by atoms with Gasteiger partial charge in [-0.25, -0.2) is 4.79 Å². The number of nitrogens with one attached hydrogen (secondary N) is 1. The number of ether oxygens (including phenoxy) is 2. The Balaban J connectivity index is 1.42. The molecular formula is C33H40N2O4Si. The number of carbonyl (C=O) groups excluding carboxylic acids is 2. The number of amides is 1. The zero-order chi connectivity index (χ0) is 28.7. The molecule has 3 N–H and O–H groups in total. The number of carbonyl (C=O) groups is 2. The third-order valence-electron chi connectivity index (χ3n) is 7.30. The quantitative estimate of drug-likeness (QED) is 0.199. The van der Waals surface area contributed by atoms with E-state index in [0.717, 1.165) is 40.3 Å². The van der Waals surface area contributed by atoms with Gasteiger partial charge in [0.2, 0.25) is 0 Å². The summed E-state index contributed by atoms with van der Waals surface area (Å²) in [6.45, 7) is 9.96. The summed E-state index contributed by atoms with van der Waals surface area (Å²) in [7, 11) is -1.23. The first-order valence-electron chi connectivity index (χ1n) is 13.9. The average Bonchev–Trinajstić information content (AvgIpc) is 3.33. The van der Waals surface area contributed by atoms with Crippen molar-refractivity contribution in [3.05, 3.63) is 106 Å². The van der Waals surface area contributed by atoms with Crippen LogP contribution in [0.1, 0.15) is 39.3 Å². The Bertz CT molecular complexity index is 1380. The van der Waals surface area contributed by atoms with Crippen LogP contribution in [0.2, 0.25) is 25.7 Å². The highest BCUT2D eigenvalue weighted by atomic mass is 28.3. The van der Waals surface area contributed by atoms with Gasteiger partial charge in [-0.15, -0.1) is 0 Å². The van der Waals surface area contributed by atoms with Crippen LogP contribution in [0, 0.1) is 6.92 Å². The SMILES string of the molecule is Cc1c(NC(=O)OCc2ccccc2)cccc1C(CN)C1=CCc2cc(CC(=O)OCC[Si](C)(C)C)ccc21. The standard InChI is InChI=1S/C33H40N2O4Si/c1-23-27(11-8-12-31(23)35-33(37)39-22-24-9-6-5-7-10-24)30(21-34)29-16-14-26-19-25(13-15-28(26)29)20-32(36)38-17-18-40(2,3)4/h5-13,15-16,19,30H,14,17-18,20-22,34H2,1-4H3,(H,35,37). The molecule has 1 unspecified atom stereocenters. The van der Waals surface area contributed by atoms with Gasteiger partial charge in [0, 0.05) is 26.2 Å². The van der Waals surface area contributed by atoms with Gasteiger partial charge in [-0.05, 0) is 64.4 Å². The summed E-state index contributed by atoms with van der Waals surface area (Å²) in [6, 6.07) is 22.7. The molecule has 0 radical (unpaired) electrons. The van der Waals surface area contributed by atoms with Crippen molar-refractivity contribution in [2.24, 2.45) is 5.73 Å². The first-order chi connectivity index (χ1) is 19.1. The van der Waals surface area contributed by atoms with Crippen molar-refractivity contribution in [2.75, 3.05) is 18.5 Å². The van der Waals surface area contributed by atoms with Crippen molar-refractivity contribution in [1.82, 2.24) is 0 Å². The maximum atomic E-state index is 12.5. The van der Waals surface area contributed by atoms with Crippen molar-refractivity contribution in [3.63, 3.8) is 0 Å². The van der Waals surface area contributed by atoms with Crippen LogP contribution in [-0.4, -0.2) is 33.3 Å². The van der Waals surface area contributed by atoms with E-state index >= 15 is 0 Å². The summed E-state index contributed by atoms with van der Waals surface area (Å²) in [5, 5.41) is 2.89. The minimum atomic E-state index is -1.23. The van der Waals surface area contributed by atoms with Crippen LogP contribution in [0.5, 0.6) is 0 Å². The fourth-order valence-electron chi connectivity index (χ4n) is 5.01. The normalized spacial score (nSPS) is 13.3. The summed E-state index contributed by atoms with van der Waals surface area (Å²) >= 11 is 0. The van der Waals surface area contributed by atoms with Crippen LogP contribution in [0.4, 0.5) is 10.5 Å². The molecule has 0 saturated carbocycles. The van der Waals surface area contributed by atoms with Crippen LogP contribution in [0.15, 0.2) is 72.8 Å². The summed E-state index contributed by atoms with van der Waals surface area (Å²) in [6.07, 6.45) is 2.81. The molecule has 1 aliphatic carbocycles. The summed E-state index contributed by atoms with van der Waals surface area (Å²) in [4.78, 5) is 24.9. The highest BCUT2D eigenvalue weighted by molar-refractivity contribution is 6.76. The number of fused-ring (bicyclic) bond motifs is 1. The Morgan fingerprint density at radius 3 is 2.48 bits per heavy atom. The van der Waals surface area contributed by atoms with E-state index < -0.39 is 14.2 Å². The molecule has 1 atom stereocenters. The zero-order valence-corrected chi connectivity index (χ0v) is 25.0. The van der Waals surface area contributed by atoms with Crippen LogP contribution >= 0.6 is 0 Å². The van der Waals surface area contributed by atoms with E-state index in [4.69, 9.17) is 15.2 Å². The van der Waals surface area contributed by atoms with E-state index in [2.05, 4.69) is 49.2 Å². The van der Waals surface area contributed by atoms with E-state index in [1.54, 1.807) is 0 Å². The number of hydrogen-bond donors (Lipinski definition) is 2. The maximum Gasteiger partial charge on any atom is 0.411 e. The third kappa shape index (κ3) is 7.70. The first-order valence-corrected chi connectivity index (χ1v) is 17.6. The first kappa shape index (κ1) is 29.3. The van der Waals surface area contributed by atoms with Gasteiger partial charge in [0.15, 0.2) is 0 Å². The van der Waals surface area contributed by atoms with Gasteiger partial charge in [-0.3, -0.25) is 10.1 Å². The fraction of sp³-hybridized carbons (Fsp3) is 0.333. The number of anilines is 1. The van der Waals surface area contributed by atoms with E-state index in [1.165, 1.54) is 11.1 Å². The number of allylic oxidation sites excluding steroid dienone is 1. The van der Waals surface area contributed by atoms with Crippen molar-refractivity contribution < 1.29 is 19.1 Å². The van der Waals surface area contributed by atoms with Crippen LogP contribution in [0.3, 0.4) is 0 Å². The number of hydrogen-bond acceptors (Lipinski definition) is 5. The predicted octanol–water partition coefficient (Wildman–Crippen LogP) is 6.85. The van der Waals surface area contributed by atoms with Crippen molar-refractivity contribution in [3.8, 4) is 0 Å². The molecule has 6 nitrogen and oxygen atoms in total. The van der Waals surface area contributed by atoms with Gasteiger partial charge < -0.3 is 15.2 Å². The van der Waals surface area contributed by atoms with Crippen molar-refractivity contribution >= 4 is 31.4 Å². The van der Waals surface area contributed by atoms with Gasteiger partial charge in [0.05, 0.1) is 13.0 Å². The van der Waals surface area contributed by atoms with Gasteiger partial charge >= 0.3 is 12.1 Å². The maximum absolute atomic E-state index is 12.5. The lowest BCUT2D eigenvalue weighted by atomic mass is 9.85. The molecule has 0 saturated heterocycles. The fourth-order valence-corrected chi connectivity index (χ4v) is 5.73. The lowest BCUT2D eigenvalue weighted by molar-refractivity contribution is -0.142. The number of rotatable bonds is 11. The molecule has 0 bridgehead atoms. The lowest BCUT2D eigenvalue weighted by Gasteiger charge is -2.22. The van der Waals surface area contributed by atoms with E-state index in [1.807, 2.05) is 55.5 Å². The molecule has 7 heteroatoms. The van der Waals surface area contributed by atoms with Gasteiger partial charge in [0.1, 0.15) is 6.61 Å². The summed E-state index contributed by atoms with van der Waals surface area (Å²) in [5.74, 6) is -0.202. The second-order valence-electron chi connectivity index (χ2n) is 11.6. The van der Waals surface area contributed by atoms with E-state index in [-0.39, 0.29) is 24.9 Å². The number of benzene rings is 3. The molecule has 1 aliphatic rings. The summed E-state index contributed by atoms with van der Waals surface area (Å²) in [5.41, 5.74) is 14.5. The molecule has 0 spiro atoms. The topological polar surface area (TPSA) is 90.6 Å². The molecule has 1 amide bonds. The minimum Gasteiger partial charge on any atom is -0.466 e. The number of esters is 1. The molecular weight excluding hydrogens is 516 g/mol. The largest absolute Gasteiger partial charge is 0.466 e. The molecule has 3 aromatic rings. The molecule has 210 valence electrons. The second-order valence-corrected chi connectivity index (χ2v) is 17.2. The molecule has 3 aromatic carbocycles. The van der Waals surface area contributed by atoms with Gasteiger partial charge in [-0.1, -0.05) is 86.4 Å². The van der Waals surface area contributed by atoms with Crippen LogP contribution in [-0.2, 0) is 33.7 Å².